The number of carbonyl (C=O) groups is 1. The number of para-hydroxylation sites is 1. The Morgan fingerprint density at radius 2 is 1.93 bits per heavy atom. The summed E-state index contributed by atoms with van der Waals surface area (Å²) in [6.07, 6.45) is 0. The Morgan fingerprint density at radius 3 is 2.64 bits per heavy atom. The summed E-state index contributed by atoms with van der Waals surface area (Å²) in [6, 6.07) is 11.7. The highest BCUT2D eigenvalue weighted by atomic mass is 16.5. The van der Waals surface area contributed by atoms with Crippen molar-refractivity contribution in [2.24, 2.45) is 0 Å². The molecule has 1 fully saturated rings. The third kappa shape index (κ3) is 4.43. The van der Waals surface area contributed by atoms with Crippen LogP contribution in [-0.2, 0) is 11.3 Å². The minimum Gasteiger partial charge on any atom is -0.459 e. The van der Waals surface area contributed by atoms with E-state index in [1.165, 1.54) is 0 Å². The van der Waals surface area contributed by atoms with Crippen LogP contribution in [-0.4, -0.2) is 53.6 Å². The molecule has 1 N–H and O–H groups in total. The topological polar surface area (TPSA) is 74.8 Å². The summed E-state index contributed by atoms with van der Waals surface area (Å²) in [5.41, 5.74) is 1.81. The van der Waals surface area contributed by atoms with E-state index >= 15 is 0 Å². The third-order valence-corrected chi connectivity index (χ3v) is 5.14. The zero-order valence-electron chi connectivity index (χ0n) is 16.4. The van der Waals surface area contributed by atoms with E-state index < -0.39 is 0 Å². The summed E-state index contributed by atoms with van der Waals surface area (Å²) in [4.78, 5) is 17.0. The molecule has 1 saturated heterocycles. The lowest BCUT2D eigenvalue weighted by Crippen LogP contribution is -2.49. The normalized spacial score (nSPS) is 17.1. The number of fused-ring (bicyclic) bond motifs is 1. The number of nitrogens with zero attached hydrogens (tertiary/aromatic N) is 3. The maximum atomic E-state index is 12.5. The molecule has 7 heteroatoms. The van der Waals surface area contributed by atoms with Gasteiger partial charge in [-0.15, -0.1) is 0 Å². The summed E-state index contributed by atoms with van der Waals surface area (Å²) in [6.45, 7) is 8.61. The molecule has 1 aliphatic rings. The van der Waals surface area contributed by atoms with Crippen LogP contribution >= 0.6 is 0 Å². The van der Waals surface area contributed by atoms with Gasteiger partial charge >= 0.3 is 0 Å². The van der Waals surface area contributed by atoms with Gasteiger partial charge in [0.15, 0.2) is 0 Å². The molecular formula is C21H26N4O3. The number of rotatable bonds is 6. The van der Waals surface area contributed by atoms with Gasteiger partial charge in [0.25, 0.3) is 0 Å². The van der Waals surface area contributed by atoms with Crippen LogP contribution in [0, 0.1) is 6.92 Å². The second-order valence-corrected chi connectivity index (χ2v) is 7.46. The van der Waals surface area contributed by atoms with Crippen molar-refractivity contribution in [3.63, 3.8) is 0 Å². The van der Waals surface area contributed by atoms with Gasteiger partial charge in [0, 0.05) is 44.2 Å². The molecule has 3 heterocycles. The number of benzene rings is 1. The van der Waals surface area contributed by atoms with Gasteiger partial charge in [-0.1, -0.05) is 23.4 Å². The molecule has 7 nitrogen and oxygen atoms in total. The van der Waals surface area contributed by atoms with Gasteiger partial charge in [-0.2, -0.15) is 0 Å². The van der Waals surface area contributed by atoms with Gasteiger partial charge in [-0.3, -0.25) is 14.6 Å². The van der Waals surface area contributed by atoms with Gasteiger partial charge in [0.2, 0.25) is 5.91 Å². The third-order valence-electron chi connectivity index (χ3n) is 5.14. The molecule has 148 valence electrons. The van der Waals surface area contributed by atoms with Gasteiger partial charge in [-0.05, 0) is 26.0 Å². The smallest absolute Gasteiger partial charge is 0.234 e. The molecule has 0 saturated carbocycles. The molecule has 0 radical (unpaired) electrons. The van der Waals surface area contributed by atoms with Crippen LogP contribution in [0.15, 0.2) is 45.3 Å². The first kappa shape index (κ1) is 18.7. The average molecular weight is 382 g/mol. The summed E-state index contributed by atoms with van der Waals surface area (Å²) < 4.78 is 11.0. The molecule has 0 spiro atoms. The molecule has 3 aromatic rings. The molecular weight excluding hydrogens is 356 g/mol. The lowest BCUT2D eigenvalue weighted by atomic mass is 10.2. The van der Waals surface area contributed by atoms with E-state index in [0.717, 1.165) is 60.9 Å². The van der Waals surface area contributed by atoms with Gasteiger partial charge in [0.05, 0.1) is 18.3 Å². The van der Waals surface area contributed by atoms with Crippen LogP contribution in [0.2, 0.25) is 0 Å². The highest BCUT2D eigenvalue weighted by Gasteiger charge is 2.21. The molecule has 4 rings (SSSR count). The number of piperazine rings is 1. The minimum absolute atomic E-state index is 0.0218. The maximum Gasteiger partial charge on any atom is 0.234 e. The monoisotopic (exact) mass is 382 g/mol. The van der Waals surface area contributed by atoms with Crippen LogP contribution < -0.4 is 5.32 Å². The Hall–Kier alpha value is -2.64. The van der Waals surface area contributed by atoms with Crippen molar-refractivity contribution in [1.82, 2.24) is 20.3 Å². The lowest BCUT2D eigenvalue weighted by molar-refractivity contribution is -0.123. The second kappa shape index (κ2) is 8.16. The van der Waals surface area contributed by atoms with Crippen molar-refractivity contribution in [3.05, 3.63) is 53.6 Å². The average Bonchev–Trinajstić information content (AvgIpc) is 3.29. The predicted molar refractivity (Wildman–Crippen MR) is 106 cm³/mol. The summed E-state index contributed by atoms with van der Waals surface area (Å²) in [5.74, 6) is 1.64. The maximum absolute atomic E-state index is 12.5. The molecule has 1 aliphatic heterocycles. The quantitative estimate of drug-likeness (QED) is 0.707. The van der Waals surface area contributed by atoms with E-state index in [2.05, 4.69) is 20.3 Å². The van der Waals surface area contributed by atoms with Crippen LogP contribution in [0.5, 0.6) is 0 Å². The lowest BCUT2D eigenvalue weighted by Gasteiger charge is -2.33. The Morgan fingerprint density at radius 1 is 1.18 bits per heavy atom. The fourth-order valence-corrected chi connectivity index (χ4v) is 3.60. The fraction of sp³-hybridized carbons (Fsp3) is 0.429. The Bertz CT molecular complexity index is 907. The van der Waals surface area contributed by atoms with Crippen LogP contribution in [0.1, 0.15) is 30.2 Å². The number of amides is 1. The van der Waals surface area contributed by atoms with Crippen molar-refractivity contribution in [2.45, 2.75) is 26.4 Å². The summed E-state index contributed by atoms with van der Waals surface area (Å²) in [5, 5.41) is 8.15. The zero-order valence-corrected chi connectivity index (χ0v) is 16.4. The molecule has 1 aromatic carbocycles. The van der Waals surface area contributed by atoms with Crippen LogP contribution in [0.4, 0.5) is 0 Å². The van der Waals surface area contributed by atoms with Crippen molar-refractivity contribution < 1.29 is 13.7 Å². The number of hydrogen-bond donors (Lipinski definition) is 1. The van der Waals surface area contributed by atoms with E-state index in [9.17, 15) is 4.79 Å². The van der Waals surface area contributed by atoms with Crippen molar-refractivity contribution in [1.29, 1.82) is 0 Å². The predicted octanol–water partition coefficient (Wildman–Crippen LogP) is 2.72. The van der Waals surface area contributed by atoms with Gasteiger partial charge in [0.1, 0.15) is 17.1 Å². The number of hydrogen-bond acceptors (Lipinski definition) is 6. The first-order valence-corrected chi connectivity index (χ1v) is 9.71. The Labute approximate surface area is 164 Å². The van der Waals surface area contributed by atoms with E-state index in [1.807, 2.05) is 50.2 Å². The van der Waals surface area contributed by atoms with Gasteiger partial charge in [-0.25, -0.2) is 0 Å². The number of aromatic nitrogens is 1. The number of carbonyl (C=O) groups excluding carboxylic acids is 1. The van der Waals surface area contributed by atoms with Crippen LogP contribution in [0.25, 0.3) is 11.0 Å². The Kier molecular flexibility index (Phi) is 5.45. The number of furan rings is 1. The summed E-state index contributed by atoms with van der Waals surface area (Å²) in [7, 11) is 0. The molecule has 1 amide bonds. The van der Waals surface area contributed by atoms with Crippen molar-refractivity contribution in [2.75, 3.05) is 32.7 Å². The van der Waals surface area contributed by atoms with E-state index in [0.29, 0.717) is 6.54 Å². The molecule has 0 aliphatic carbocycles. The molecule has 0 bridgehead atoms. The minimum atomic E-state index is -0.156. The highest BCUT2D eigenvalue weighted by molar-refractivity contribution is 5.80. The standard InChI is InChI=1S/C21H26N4O3/c1-15-11-18(23-28-15)13-24-7-9-25(10-8-24)14-21(26)22-16(2)20-12-17-5-3-4-6-19(17)27-20/h3-6,11-12,16H,7-10,13-14H2,1-2H3,(H,22,26)/t16-/m1/s1. The van der Waals surface area contributed by atoms with E-state index in [-0.39, 0.29) is 11.9 Å². The first-order valence-electron chi connectivity index (χ1n) is 9.71. The van der Waals surface area contributed by atoms with Gasteiger partial charge < -0.3 is 14.3 Å². The van der Waals surface area contributed by atoms with E-state index in [4.69, 9.17) is 8.94 Å². The first-order chi connectivity index (χ1) is 13.6. The Balaban J connectivity index is 1.24. The molecule has 1 atom stereocenters. The SMILES string of the molecule is Cc1cc(CN2CCN(CC(=O)N[C@H](C)c3cc4ccccc4o3)CC2)no1. The largest absolute Gasteiger partial charge is 0.459 e. The molecule has 2 aromatic heterocycles. The zero-order chi connectivity index (χ0) is 19.5. The fourth-order valence-electron chi connectivity index (χ4n) is 3.60. The van der Waals surface area contributed by atoms with E-state index in [1.54, 1.807) is 0 Å². The number of nitrogens with one attached hydrogen (secondary N) is 1. The molecule has 28 heavy (non-hydrogen) atoms. The second-order valence-electron chi connectivity index (χ2n) is 7.46. The summed E-state index contributed by atoms with van der Waals surface area (Å²) >= 11 is 0. The highest BCUT2D eigenvalue weighted by Crippen LogP contribution is 2.23. The molecule has 0 unspecified atom stereocenters. The van der Waals surface area contributed by atoms with Crippen molar-refractivity contribution >= 4 is 16.9 Å². The van der Waals surface area contributed by atoms with Crippen LogP contribution in [0.3, 0.4) is 0 Å². The number of aryl methyl sites for hydroxylation is 1. The van der Waals surface area contributed by atoms with Crippen molar-refractivity contribution in [3.8, 4) is 0 Å².